The third kappa shape index (κ3) is 2.13. The van der Waals surface area contributed by atoms with E-state index in [-0.39, 0.29) is 12.6 Å². The number of ketones is 1. The average Bonchev–Trinajstić information content (AvgIpc) is 2.22. The molecule has 4 heteroatoms. The normalized spacial score (nSPS) is 14.3. The topological polar surface area (TPSA) is 35.5 Å². The van der Waals surface area contributed by atoms with E-state index in [1.54, 1.807) is 13.0 Å². The Bertz CT molecular complexity index is 401. The molecule has 0 aromatic heterocycles. The molecule has 80 valence electrons. The Morgan fingerprint density at radius 1 is 1.53 bits per heavy atom. The van der Waals surface area contributed by atoms with Crippen molar-refractivity contribution in [3.8, 4) is 5.75 Å². The summed E-state index contributed by atoms with van der Waals surface area (Å²) in [5, 5.41) is 0.595. The van der Waals surface area contributed by atoms with Gasteiger partial charge < -0.3 is 9.47 Å². The summed E-state index contributed by atoms with van der Waals surface area (Å²) < 4.78 is 10.5. The fourth-order valence-electron chi connectivity index (χ4n) is 1.63. The highest BCUT2D eigenvalue weighted by molar-refractivity contribution is 6.31. The Morgan fingerprint density at radius 2 is 2.33 bits per heavy atom. The first-order valence-corrected chi connectivity index (χ1v) is 5.06. The van der Waals surface area contributed by atoms with Crippen molar-refractivity contribution >= 4 is 17.4 Å². The van der Waals surface area contributed by atoms with Gasteiger partial charge in [0.05, 0.1) is 6.61 Å². The van der Waals surface area contributed by atoms with E-state index in [9.17, 15) is 4.79 Å². The summed E-state index contributed by atoms with van der Waals surface area (Å²) in [5.74, 6) is 0.845. The third-order valence-electron chi connectivity index (χ3n) is 2.30. The number of hydrogen-bond acceptors (Lipinski definition) is 3. The molecule has 0 spiro atoms. The molecular weight excluding hydrogens is 216 g/mol. The highest BCUT2D eigenvalue weighted by atomic mass is 35.5. The SMILES string of the molecule is CC(=O)Cc1c(Cl)ccc2c1COCO2. The number of rotatable bonds is 2. The van der Waals surface area contributed by atoms with E-state index in [1.165, 1.54) is 0 Å². The molecule has 1 aromatic carbocycles. The second-order valence-corrected chi connectivity index (χ2v) is 3.90. The molecule has 1 aliphatic heterocycles. The molecular formula is C11H11ClO3. The lowest BCUT2D eigenvalue weighted by molar-refractivity contribution is -0.116. The van der Waals surface area contributed by atoms with Crippen LogP contribution in [0.5, 0.6) is 5.75 Å². The molecule has 1 aliphatic rings. The van der Waals surface area contributed by atoms with Crippen LogP contribution in [-0.2, 0) is 22.6 Å². The fraction of sp³-hybridized carbons (Fsp3) is 0.364. The molecule has 15 heavy (non-hydrogen) atoms. The van der Waals surface area contributed by atoms with Crippen LogP contribution in [0.15, 0.2) is 12.1 Å². The number of Topliss-reactive ketones (excluding diaryl/α,β-unsaturated/α-hetero) is 1. The number of ether oxygens (including phenoxy) is 2. The van der Waals surface area contributed by atoms with Gasteiger partial charge in [0.1, 0.15) is 11.5 Å². The first-order valence-electron chi connectivity index (χ1n) is 4.68. The van der Waals surface area contributed by atoms with Crippen LogP contribution < -0.4 is 4.74 Å². The summed E-state index contributed by atoms with van der Waals surface area (Å²) in [7, 11) is 0. The molecule has 0 aliphatic carbocycles. The van der Waals surface area contributed by atoms with Crippen LogP contribution >= 0.6 is 11.6 Å². The lowest BCUT2D eigenvalue weighted by atomic mass is 10.0. The molecule has 0 atom stereocenters. The van der Waals surface area contributed by atoms with Crippen LogP contribution in [0.3, 0.4) is 0 Å². The largest absolute Gasteiger partial charge is 0.467 e. The van der Waals surface area contributed by atoms with Crippen molar-refractivity contribution < 1.29 is 14.3 Å². The van der Waals surface area contributed by atoms with Crippen LogP contribution in [0.4, 0.5) is 0 Å². The van der Waals surface area contributed by atoms with Crippen LogP contribution in [0.1, 0.15) is 18.1 Å². The zero-order valence-electron chi connectivity index (χ0n) is 8.38. The van der Waals surface area contributed by atoms with E-state index < -0.39 is 0 Å². The Kier molecular flexibility index (Phi) is 2.93. The van der Waals surface area contributed by atoms with Crippen molar-refractivity contribution in [1.29, 1.82) is 0 Å². The molecule has 1 aromatic rings. The van der Waals surface area contributed by atoms with Crippen LogP contribution in [0, 0.1) is 0 Å². The number of halogens is 1. The predicted molar refractivity (Wildman–Crippen MR) is 56.1 cm³/mol. The minimum atomic E-state index is 0.0795. The average molecular weight is 227 g/mol. The van der Waals surface area contributed by atoms with Crippen LogP contribution in [-0.4, -0.2) is 12.6 Å². The maximum atomic E-state index is 11.1. The van der Waals surface area contributed by atoms with Crippen molar-refractivity contribution in [3.63, 3.8) is 0 Å². The van der Waals surface area contributed by atoms with Gasteiger partial charge in [0, 0.05) is 17.0 Å². The lowest BCUT2D eigenvalue weighted by Gasteiger charge is -2.20. The zero-order chi connectivity index (χ0) is 10.8. The lowest BCUT2D eigenvalue weighted by Crippen LogP contribution is -2.14. The molecule has 3 nitrogen and oxygen atoms in total. The Labute approximate surface area is 92.9 Å². The van der Waals surface area contributed by atoms with Gasteiger partial charge in [0.2, 0.25) is 0 Å². The van der Waals surface area contributed by atoms with Gasteiger partial charge in [-0.15, -0.1) is 0 Å². The van der Waals surface area contributed by atoms with Crippen molar-refractivity contribution in [1.82, 2.24) is 0 Å². The van der Waals surface area contributed by atoms with E-state index in [2.05, 4.69) is 0 Å². The van der Waals surface area contributed by atoms with E-state index in [0.717, 1.165) is 16.9 Å². The van der Waals surface area contributed by atoms with Gasteiger partial charge in [0.25, 0.3) is 0 Å². The van der Waals surface area contributed by atoms with E-state index in [4.69, 9.17) is 21.1 Å². The highest BCUT2D eigenvalue weighted by Gasteiger charge is 2.18. The molecule has 0 N–H and O–H groups in total. The summed E-state index contributed by atoms with van der Waals surface area (Å²) in [5.41, 5.74) is 1.71. The van der Waals surface area contributed by atoms with E-state index in [0.29, 0.717) is 18.1 Å². The maximum absolute atomic E-state index is 11.1. The van der Waals surface area contributed by atoms with Gasteiger partial charge in [-0.05, 0) is 24.6 Å². The first-order chi connectivity index (χ1) is 7.18. The van der Waals surface area contributed by atoms with Crippen molar-refractivity contribution in [3.05, 3.63) is 28.3 Å². The summed E-state index contributed by atoms with van der Waals surface area (Å²) in [4.78, 5) is 11.1. The summed E-state index contributed by atoms with van der Waals surface area (Å²) in [6, 6.07) is 3.56. The molecule has 0 fully saturated rings. The molecule has 0 radical (unpaired) electrons. The van der Waals surface area contributed by atoms with Gasteiger partial charge in [-0.1, -0.05) is 11.6 Å². The molecule has 0 unspecified atom stereocenters. The third-order valence-corrected chi connectivity index (χ3v) is 2.66. The van der Waals surface area contributed by atoms with Crippen molar-refractivity contribution in [2.24, 2.45) is 0 Å². The summed E-state index contributed by atoms with van der Waals surface area (Å²) in [6.45, 7) is 2.26. The fourth-order valence-corrected chi connectivity index (χ4v) is 1.87. The van der Waals surface area contributed by atoms with Gasteiger partial charge in [-0.25, -0.2) is 0 Å². The number of carbonyl (C=O) groups excluding carboxylic acids is 1. The Hall–Kier alpha value is -1.06. The Balaban J connectivity index is 2.45. The molecule has 0 saturated carbocycles. The number of hydrogen-bond donors (Lipinski definition) is 0. The molecule has 0 bridgehead atoms. The van der Waals surface area contributed by atoms with E-state index in [1.807, 2.05) is 6.07 Å². The van der Waals surface area contributed by atoms with Gasteiger partial charge in [0.15, 0.2) is 6.79 Å². The number of fused-ring (bicyclic) bond motifs is 1. The van der Waals surface area contributed by atoms with Crippen molar-refractivity contribution in [2.75, 3.05) is 6.79 Å². The number of benzene rings is 1. The predicted octanol–water partition coefficient (Wildman–Crippen LogP) is 2.34. The van der Waals surface area contributed by atoms with Crippen LogP contribution in [0.2, 0.25) is 5.02 Å². The minimum absolute atomic E-state index is 0.0795. The summed E-state index contributed by atoms with van der Waals surface area (Å²) >= 11 is 6.04. The van der Waals surface area contributed by atoms with Gasteiger partial charge in [-0.2, -0.15) is 0 Å². The van der Waals surface area contributed by atoms with Gasteiger partial charge in [-0.3, -0.25) is 4.79 Å². The molecule has 2 rings (SSSR count). The smallest absolute Gasteiger partial charge is 0.189 e. The second kappa shape index (κ2) is 4.21. The monoisotopic (exact) mass is 226 g/mol. The van der Waals surface area contributed by atoms with E-state index >= 15 is 0 Å². The van der Waals surface area contributed by atoms with Gasteiger partial charge >= 0.3 is 0 Å². The summed E-state index contributed by atoms with van der Waals surface area (Å²) in [6.07, 6.45) is 0.328. The second-order valence-electron chi connectivity index (χ2n) is 3.49. The minimum Gasteiger partial charge on any atom is -0.467 e. The van der Waals surface area contributed by atoms with Crippen LogP contribution in [0.25, 0.3) is 0 Å². The van der Waals surface area contributed by atoms with Crippen molar-refractivity contribution in [2.45, 2.75) is 20.0 Å². The Morgan fingerprint density at radius 3 is 3.07 bits per heavy atom. The first kappa shape index (κ1) is 10.5. The number of carbonyl (C=O) groups is 1. The zero-order valence-corrected chi connectivity index (χ0v) is 9.13. The molecule has 1 heterocycles. The standard InChI is InChI=1S/C11H11ClO3/c1-7(13)4-8-9-5-14-6-15-11(9)3-2-10(8)12/h2-3H,4-6H2,1H3. The highest BCUT2D eigenvalue weighted by Crippen LogP contribution is 2.32. The molecule has 0 saturated heterocycles. The quantitative estimate of drug-likeness (QED) is 0.777. The molecule has 0 amide bonds. The maximum Gasteiger partial charge on any atom is 0.189 e.